The Hall–Kier alpha value is -1.97. The Morgan fingerprint density at radius 1 is 0.600 bits per heavy atom. The van der Waals surface area contributed by atoms with E-state index in [1.807, 2.05) is 5.57 Å². The summed E-state index contributed by atoms with van der Waals surface area (Å²) in [5.74, 6) is 0.818. The van der Waals surface area contributed by atoms with Crippen LogP contribution in [0.2, 0.25) is 13.1 Å². The minimum Gasteiger partial charge on any atom is -1.00 e. The standard InChI is InChI=1S/C18H15.C16H13.C2H6Si.2ClH.Hf/c1-2-5-14(6-3-1)17-8-4-7-15-11-16(12-18(15)17)13-9-10-13;1-12-10-14-8-5-9-15(16(14)11-12)13-6-3-2-4-7-13;1-3-2;;;/h1-8,11-13H,9-10H2;2-11H,1H3;1-2H3;2*1H;/q;;;;;+2/p-2. The van der Waals surface area contributed by atoms with E-state index in [2.05, 4.69) is 129 Å². The molecule has 0 nitrogen and oxygen atoms in total. The van der Waals surface area contributed by atoms with Crippen LogP contribution < -0.4 is 24.8 Å². The predicted molar refractivity (Wildman–Crippen MR) is 161 cm³/mol. The first-order valence-corrected chi connectivity index (χ1v) is 26.1. The zero-order valence-electron chi connectivity index (χ0n) is 23.3. The Morgan fingerprint density at radius 2 is 1.10 bits per heavy atom. The van der Waals surface area contributed by atoms with Crippen molar-refractivity contribution in [3.8, 4) is 22.3 Å². The molecule has 0 amide bonds. The van der Waals surface area contributed by atoms with Crippen LogP contribution in [0.3, 0.4) is 0 Å². The zero-order chi connectivity index (χ0) is 25.8. The molecule has 7 rings (SSSR count). The summed E-state index contributed by atoms with van der Waals surface area (Å²) >= 11 is -2.30. The fourth-order valence-corrected chi connectivity index (χ4v) is 36.3. The van der Waals surface area contributed by atoms with Crippen LogP contribution >= 0.6 is 0 Å². The summed E-state index contributed by atoms with van der Waals surface area (Å²) < 4.78 is 1.43. The first kappa shape index (κ1) is 29.5. The molecule has 0 spiro atoms. The van der Waals surface area contributed by atoms with Crippen molar-refractivity contribution in [3.05, 3.63) is 130 Å². The van der Waals surface area contributed by atoms with E-state index in [0.29, 0.717) is 3.67 Å². The SMILES string of the molecule is CC1=Cc2c(-c3ccccc3)cccc2[CH]1[Hf+2]([CH]1C(C2CC2)=Cc2c(-c3ccccc3)cccc21)=[Si](C)C.[Cl-].[Cl-]. The van der Waals surface area contributed by atoms with Gasteiger partial charge in [-0.1, -0.05) is 0 Å². The maximum Gasteiger partial charge on any atom is -1.00 e. The average molecular weight is 744 g/mol. The van der Waals surface area contributed by atoms with Crippen molar-refractivity contribution in [2.75, 3.05) is 0 Å². The maximum absolute atomic E-state index is 2.67. The molecule has 3 aliphatic rings. The minimum atomic E-state index is -2.30. The molecule has 0 radical (unpaired) electrons. The number of fused-ring (bicyclic) bond motifs is 2. The predicted octanol–water partition coefficient (Wildman–Crippen LogP) is 3.90. The van der Waals surface area contributed by atoms with Gasteiger partial charge in [-0.3, -0.25) is 0 Å². The summed E-state index contributed by atoms with van der Waals surface area (Å²) in [5.41, 5.74) is 14.9. The normalized spacial score (nSPS) is 18.2. The van der Waals surface area contributed by atoms with Crippen molar-refractivity contribution in [1.82, 2.24) is 0 Å². The van der Waals surface area contributed by atoms with E-state index < -0.39 is 25.6 Å². The molecule has 4 aromatic carbocycles. The second-order valence-corrected chi connectivity index (χ2v) is 36.4. The third-order valence-electron chi connectivity index (χ3n) is 8.79. The molecule has 2 atom stereocenters. The van der Waals surface area contributed by atoms with E-state index in [9.17, 15) is 0 Å². The van der Waals surface area contributed by atoms with Gasteiger partial charge in [0.1, 0.15) is 0 Å². The van der Waals surface area contributed by atoms with E-state index in [4.69, 9.17) is 0 Å². The Morgan fingerprint density at radius 3 is 1.60 bits per heavy atom. The molecule has 2 unspecified atom stereocenters. The number of halogens is 2. The zero-order valence-corrected chi connectivity index (χ0v) is 29.4. The van der Waals surface area contributed by atoms with Crippen LogP contribution in [0.5, 0.6) is 0 Å². The van der Waals surface area contributed by atoms with E-state index in [0.717, 1.165) is 9.59 Å². The van der Waals surface area contributed by atoms with Gasteiger partial charge in [0.25, 0.3) is 0 Å². The summed E-state index contributed by atoms with van der Waals surface area (Å²) in [6, 6.07) is 36.4. The summed E-state index contributed by atoms with van der Waals surface area (Å²) in [7, 11) is 0. The van der Waals surface area contributed by atoms with E-state index in [-0.39, 0.29) is 24.8 Å². The number of allylic oxidation sites excluding steroid dienone is 2. The van der Waals surface area contributed by atoms with Gasteiger partial charge in [-0.05, 0) is 0 Å². The topological polar surface area (TPSA) is 0 Å². The van der Waals surface area contributed by atoms with Gasteiger partial charge >= 0.3 is 237 Å². The van der Waals surface area contributed by atoms with Gasteiger partial charge in [0.05, 0.1) is 0 Å². The molecular formula is C36H34Cl2HfSi. The van der Waals surface area contributed by atoms with Gasteiger partial charge in [0.2, 0.25) is 0 Å². The fourth-order valence-electron chi connectivity index (χ4n) is 6.99. The molecule has 1 saturated carbocycles. The van der Waals surface area contributed by atoms with Crippen LogP contribution in [0.25, 0.3) is 34.4 Å². The number of rotatable bonds is 5. The van der Waals surface area contributed by atoms with Crippen molar-refractivity contribution in [2.45, 2.75) is 40.2 Å². The van der Waals surface area contributed by atoms with E-state index in [1.54, 1.807) is 16.7 Å². The fraction of sp³-hybridized carbons (Fsp3) is 0.222. The van der Waals surface area contributed by atoms with Crippen molar-refractivity contribution in [1.29, 1.82) is 0 Å². The van der Waals surface area contributed by atoms with Crippen molar-refractivity contribution < 1.29 is 44.9 Å². The van der Waals surface area contributed by atoms with Crippen LogP contribution in [0.4, 0.5) is 0 Å². The molecule has 40 heavy (non-hydrogen) atoms. The third-order valence-corrected chi connectivity index (χ3v) is 36.7. The van der Waals surface area contributed by atoms with Crippen molar-refractivity contribution >= 4 is 17.6 Å². The van der Waals surface area contributed by atoms with E-state index in [1.165, 1.54) is 46.2 Å². The molecule has 4 heteroatoms. The smallest absolute Gasteiger partial charge is 1.00 e. The van der Waals surface area contributed by atoms with Gasteiger partial charge in [-0.2, -0.15) is 0 Å². The van der Waals surface area contributed by atoms with Crippen LogP contribution in [-0.2, 0) is 20.1 Å². The molecule has 200 valence electrons. The van der Waals surface area contributed by atoms with Crippen LogP contribution in [0, 0.1) is 5.92 Å². The van der Waals surface area contributed by atoms with Gasteiger partial charge in [0.15, 0.2) is 0 Å². The summed E-state index contributed by atoms with van der Waals surface area (Å²) in [4.78, 5) is 0. The molecule has 4 aromatic rings. The van der Waals surface area contributed by atoms with Gasteiger partial charge in [-0.15, -0.1) is 0 Å². The van der Waals surface area contributed by atoms with Gasteiger partial charge in [-0.25, -0.2) is 0 Å². The molecule has 0 aromatic heterocycles. The van der Waals surface area contributed by atoms with Crippen molar-refractivity contribution in [2.24, 2.45) is 5.92 Å². The molecule has 3 aliphatic carbocycles. The van der Waals surface area contributed by atoms with Crippen LogP contribution in [0.1, 0.15) is 49.4 Å². The Kier molecular flexibility index (Phi) is 8.93. The number of hydrogen-bond donors (Lipinski definition) is 0. The summed E-state index contributed by atoms with van der Waals surface area (Å²) in [6.07, 6.45) is 8.01. The largest absolute Gasteiger partial charge is 1.00 e. The minimum absolute atomic E-state index is 0. The molecule has 1 fully saturated rings. The molecule has 0 saturated heterocycles. The second-order valence-electron chi connectivity index (χ2n) is 11.5. The monoisotopic (exact) mass is 744 g/mol. The van der Waals surface area contributed by atoms with Gasteiger partial charge < -0.3 is 24.8 Å². The summed E-state index contributed by atoms with van der Waals surface area (Å²) in [5, 5.41) is 0. The third kappa shape index (κ3) is 5.11. The van der Waals surface area contributed by atoms with Gasteiger partial charge in [0, 0.05) is 0 Å². The van der Waals surface area contributed by atoms with Crippen molar-refractivity contribution in [3.63, 3.8) is 0 Å². The van der Waals surface area contributed by atoms with Crippen LogP contribution in [-0.4, -0.2) is 5.49 Å². The quantitative estimate of drug-likeness (QED) is 0.273. The molecule has 0 N–H and O–H groups in total. The molecule has 0 heterocycles. The Balaban J connectivity index is 0.00000161. The second kappa shape index (κ2) is 12.1. The Bertz CT molecular complexity index is 1650. The first-order chi connectivity index (χ1) is 18.6. The Labute approximate surface area is 259 Å². The number of hydrogen-bond acceptors (Lipinski definition) is 0. The molecule has 0 bridgehead atoms. The van der Waals surface area contributed by atoms with Crippen LogP contribution in [0.15, 0.2) is 108 Å². The average Bonchev–Trinajstić information content (AvgIpc) is 3.65. The molecule has 0 aliphatic heterocycles. The number of benzene rings is 4. The van der Waals surface area contributed by atoms with E-state index >= 15 is 0 Å². The summed E-state index contributed by atoms with van der Waals surface area (Å²) in [6.45, 7) is 7.76. The maximum atomic E-state index is 2.67. The molecular weight excluding hydrogens is 710 g/mol. The first-order valence-electron chi connectivity index (χ1n) is 14.1.